The lowest BCUT2D eigenvalue weighted by atomic mass is 10.0. The van der Waals surface area contributed by atoms with Crippen LogP contribution in [0.1, 0.15) is 22.3 Å². The van der Waals surface area contributed by atoms with E-state index in [1.807, 2.05) is 30.3 Å². The summed E-state index contributed by atoms with van der Waals surface area (Å²) in [5.41, 5.74) is 2.22. The lowest BCUT2D eigenvalue weighted by Gasteiger charge is -2.27. The second-order valence-electron chi connectivity index (χ2n) is 8.31. The van der Waals surface area contributed by atoms with E-state index in [9.17, 15) is 14.4 Å². The number of benzene rings is 2. The van der Waals surface area contributed by atoms with Gasteiger partial charge in [-0.2, -0.15) is 0 Å². The Labute approximate surface area is 191 Å². The zero-order chi connectivity index (χ0) is 22.8. The van der Waals surface area contributed by atoms with E-state index in [4.69, 9.17) is 4.74 Å². The molecule has 2 saturated heterocycles. The minimum Gasteiger partial charge on any atom is -0.368 e. The van der Waals surface area contributed by atoms with E-state index in [1.165, 1.54) is 0 Å². The number of ether oxygens (including phenoxy) is 1. The van der Waals surface area contributed by atoms with Gasteiger partial charge in [-0.25, -0.2) is 4.98 Å². The standard InChI is InChI=1S/C25H24N4O4/c30-20-15-33-21-10-13-29(22(20)21)25(32)19(14-16-4-2-1-3-5-16)28-24(31)18-8-6-17(7-9-18)23-26-11-12-27-23/h1-9,11-12,19,21-22H,10,13-15H2,(H,26,27)(H,28,31). The van der Waals surface area contributed by atoms with Crippen molar-refractivity contribution in [2.45, 2.75) is 31.0 Å². The van der Waals surface area contributed by atoms with Gasteiger partial charge in [0.15, 0.2) is 5.78 Å². The number of nitrogens with one attached hydrogen (secondary N) is 2. The predicted octanol–water partition coefficient (Wildman–Crippen LogP) is 1.99. The first kappa shape index (κ1) is 21.1. The van der Waals surface area contributed by atoms with Gasteiger partial charge in [0.2, 0.25) is 5.91 Å². The molecule has 2 aromatic carbocycles. The number of nitrogens with zero attached hydrogens (tertiary/aromatic N) is 2. The van der Waals surface area contributed by atoms with Gasteiger partial charge in [0.25, 0.3) is 5.91 Å². The molecule has 3 heterocycles. The molecule has 3 aromatic rings. The van der Waals surface area contributed by atoms with Gasteiger partial charge in [0.1, 0.15) is 24.5 Å². The van der Waals surface area contributed by atoms with Gasteiger partial charge in [-0.3, -0.25) is 14.4 Å². The highest BCUT2D eigenvalue weighted by Crippen LogP contribution is 2.28. The van der Waals surface area contributed by atoms with Gasteiger partial charge < -0.3 is 19.9 Å². The number of fused-ring (bicyclic) bond motifs is 1. The molecule has 0 bridgehead atoms. The van der Waals surface area contributed by atoms with Crippen molar-refractivity contribution in [3.05, 3.63) is 78.1 Å². The number of hydrogen-bond donors (Lipinski definition) is 2. The number of carbonyl (C=O) groups excluding carboxylic acids is 3. The zero-order valence-electron chi connectivity index (χ0n) is 17.9. The monoisotopic (exact) mass is 444 g/mol. The molecule has 0 saturated carbocycles. The third kappa shape index (κ3) is 4.29. The summed E-state index contributed by atoms with van der Waals surface area (Å²) < 4.78 is 5.52. The van der Waals surface area contributed by atoms with Crippen LogP contribution in [-0.2, 0) is 20.7 Å². The number of ketones is 1. The van der Waals surface area contributed by atoms with E-state index in [2.05, 4.69) is 15.3 Å². The molecule has 33 heavy (non-hydrogen) atoms. The Morgan fingerprint density at radius 3 is 2.67 bits per heavy atom. The zero-order valence-corrected chi connectivity index (χ0v) is 17.9. The van der Waals surface area contributed by atoms with E-state index in [-0.39, 0.29) is 30.3 Å². The molecule has 2 N–H and O–H groups in total. The molecule has 5 rings (SSSR count). The number of aromatic amines is 1. The van der Waals surface area contributed by atoms with Crippen LogP contribution in [0.25, 0.3) is 11.4 Å². The lowest BCUT2D eigenvalue weighted by Crippen LogP contribution is -2.53. The van der Waals surface area contributed by atoms with Gasteiger partial charge in [-0.05, 0) is 24.1 Å². The summed E-state index contributed by atoms with van der Waals surface area (Å²) in [6, 6.07) is 15.2. The van der Waals surface area contributed by atoms with Crippen molar-refractivity contribution < 1.29 is 19.1 Å². The van der Waals surface area contributed by atoms with Crippen LogP contribution in [0, 0.1) is 0 Å². The summed E-state index contributed by atoms with van der Waals surface area (Å²) in [5, 5.41) is 2.90. The normalized spacial score (nSPS) is 20.5. The summed E-state index contributed by atoms with van der Waals surface area (Å²) in [7, 11) is 0. The first-order valence-corrected chi connectivity index (χ1v) is 11.0. The molecule has 2 fully saturated rings. The average molecular weight is 444 g/mol. The van der Waals surface area contributed by atoms with Gasteiger partial charge in [-0.15, -0.1) is 0 Å². The van der Waals surface area contributed by atoms with Crippen LogP contribution in [0.2, 0.25) is 0 Å². The number of likely N-dealkylation sites (tertiary alicyclic amines) is 1. The van der Waals surface area contributed by atoms with Gasteiger partial charge in [0, 0.05) is 36.5 Å². The molecule has 1 aromatic heterocycles. The molecule has 8 nitrogen and oxygen atoms in total. The molecular formula is C25H24N4O4. The summed E-state index contributed by atoms with van der Waals surface area (Å²) in [4.78, 5) is 47.7. The SMILES string of the molecule is O=C(NC(Cc1ccccc1)C(=O)N1CCC2OCC(=O)C21)c1ccc(-c2ncc[nH]2)cc1. The van der Waals surface area contributed by atoms with Gasteiger partial charge in [-0.1, -0.05) is 42.5 Å². The van der Waals surface area contributed by atoms with E-state index < -0.39 is 12.1 Å². The fourth-order valence-electron chi connectivity index (χ4n) is 4.54. The molecule has 0 radical (unpaired) electrons. The fourth-order valence-corrected chi connectivity index (χ4v) is 4.54. The molecule has 8 heteroatoms. The molecule has 2 aliphatic rings. The van der Waals surface area contributed by atoms with E-state index >= 15 is 0 Å². The Bertz CT molecular complexity index is 1140. The summed E-state index contributed by atoms with van der Waals surface area (Å²) in [6.45, 7) is 0.482. The minimum absolute atomic E-state index is 0.0385. The molecule has 3 atom stereocenters. The number of rotatable bonds is 6. The van der Waals surface area contributed by atoms with Gasteiger partial charge >= 0.3 is 0 Å². The summed E-state index contributed by atoms with van der Waals surface area (Å²) in [6.07, 6.45) is 4.11. The van der Waals surface area contributed by atoms with Crippen LogP contribution in [0.15, 0.2) is 67.0 Å². The van der Waals surface area contributed by atoms with Crippen LogP contribution in [-0.4, -0.2) is 63.8 Å². The predicted molar refractivity (Wildman–Crippen MR) is 120 cm³/mol. The Morgan fingerprint density at radius 1 is 1.15 bits per heavy atom. The van der Waals surface area contributed by atoms with Gasteiger partial charge in [0.05, 0.1) is 6.10 Å². The lowest BCUT2D eigenvalue weighted by molar-refractivity contribution is -0.138. The van der Waals surface area contributed by atoms with Crippen molar-refractivity contribution in [2.24, 2.45) is 0 Å². The maximum Gasteiger partial charge on any atom is 0.251 e. The van der Waals surface area contributed by atoms with Crippen molar-refractivity contribution in [2.75, 3.05) is 13.2 Å². The molecule has 2 amide bonds. The van der Waals surface area contributed by atoms with Crippen molar-refractivity contribution in [3.8, 4) is 11.4 Å². The fraction of sp³-hybridized carbons (Fsp3) is 0.280. The minimum atomic E-state index is -0.795. The van der Waals surface area contributed by atoms with Crippen molar-refractivity contribution in [1.82, 2.24) is 20.2 Å². The van der Waals surface area contributed by atoms with Crippen LogP contribution in [0.4, 0.5) is 0 Å². The van der Waals surface area contributed by atoms with Crippen LogP contribution < -0.4 is 5.32 Å². The smallest absolute Gasteiger partial charge is 0.251 e. The van der Waals surface area contributed by atoms with Crippen molar-refractivity contribution in [3.63, 3.8) is 0 Å². The van der Waals surface area contributed by atoms with Crippen LogP contribution in [0.3, 0.4) is 0 Å². The highest BCUT2D eigenvalue weighted by atomic mass is 16.5. The second-order valence-corrected chi connectivity index (χ2v) is 8.31. The highest BCUT2D eigenvalue weighted by molar-refractivity contribution is 5.99. The number of carbonyl (C=O) groups is 3. The third-order valence-corrected chi connectivity index (χ3v) is 6.20. The first-order chi connectivity index (χ1) is 16.1. The molecule has 3 unspecified atom stereocenters. The van der Waals surface area contributed by atoms with E-state index in [0.717, 1.165) is 11.1 Å². The number of H-pyrrole nitrogens is 1. The van der Waals surface area contributed by atoms with E-state index in [0.29, 0.717) is 30.8 Å². The second kappa shape index (κ2) is 8.99. The number of imidazole rings is 1. The molecular weight excluding hydrogens is 420 g/mol. The Kier molecular flexibility index (Phi) is 5.75. The number of aromatic nitrogens is 2. The Balaban J connectivity index is 1.35. The Morgan fingerprint density at radius 2 is 1.94 bits per heavy atom. The van der Waals surface area contributed by atoms with Crippen molar-refractivity contribution in [1.29, 1.82) is 0 Å². The maximum absolute atomic E-state index is 13.5. The first-order valence-electron chi connectivity index (χ1n) is 11.0. The highest BCUT2D eigenvalue weighted by Gasteiger charge is 2.48. The number of Topliss-reactive ketones (excluding diaryl/α,β-unsaturated/α-hetero) is 1. The molecule has 2 aliphatic heterocycles. The molecule has 0 aliphatic carbocycles. The van der Waals surface area contributed by atoms with Crippen LogP contribution >= 0.6 is 0 Å². The third-order valence-electron chi connectivity index (χ3n) is 6.20. The number of hydrogen-bond acceptors (Lipinski definition) is 5. The van der Waals surface area contributed by atoms with Crippen LogP contribution in [0.5, 0.6) is 0 Å². The quantitative estimate of drug-likeness (QED) is 0.605. The maximum atomic E-state index is 13.5. The van der Waals surface area contributed by atoms with Crippen molar-refractivity contribution >= 4 is 17.6 Å². The average Bonchev–Trinajstić information content (AvgIpc) is 3.59. The van der Waals surface area contributed by atoms with E-state index in [1.54, 1.807) is 41.6 Å². The number of amides is 2. The summed E-state index contributed by atoms with van der Waals surface area (Å²) in [5.74, 6) is 0.0288. The topological polar surface area (TPSA) is 104 Å². The Hall–Kier alpha value is -3.78. The largest absolute Gasteiger partial charge is 0.368 e. The molecule has 168 valence electrons. The molecule has 0 spiro atoms. The summed E-state index contributed by atoms with van der Waals surface area (Å²) >= 11 is 0.